The van der Waals surface area contributed by atoms with E-state index in [4.69, 9.17) is 0 Å². The second-order valence-electron chi connectivity index (χ2n) is 7.45. The van der Waals surface area contributed by atoms with Crippen molar-refractivity contribution < 1.29 is 0 Å². The van der Waals surface area contributed by atoms with Gasteiger partial charge in [-0.15, -0.1) is 10.2 Å². The van der Waals surface area contributed by atoms with Crippen LogP contribution >= 0.6 is 0 Å². The summed E-state index contributed by atoms with van der Waals surface area (Å²) in [5, 5.41) is 15.1. The van der Waals surface area contributed by atoms with Crippen LogP contribution in [0.15, 0.2) is 11.3 Å². The standard InChI is InChI=1S/C18H34N6/c1-5-16-23-22-14-24(16)11-10-20-17(19-4)21-13-18(12-15(2)3)8-6-7-9-18/h14-15H,5-13H2,1-4H3,(H2,19,20,21). The Hall–Kier alpha value is -1.59. The predicted octanol–water partition coefficient (Wildman–Crippen LogP) is 2.61. The summed E-state index contributed by atoms with van der Waals surface area (Å²) in [6, 6.07) is 0. The second-order valence-corrected chi connectivity index (χ2v) is 7.45. The van der Waals surface area contributed by atoms with E-state index < -0.39 is 0 Å². The van der Waals surface area contributed by atoms with E-state index in [0.29, 0.717) is 5.41 Å². The third-order valence-electron chi connectivity index (χ3n) is 5.02. The van der Waals surface area contributed by atoms with Crippen molar-refractivity contribution in [3.63, 3.8) is 0 Å². The van der Waals surface area contributed by atoms with Crippen molar-refractivity contribution in [1.29, 1.82) is 0 Å². The molecular formula is C18H34N6. The molecule has 0 unspecified atom stereocenters. The highest BCUT2D eigenvalue weighted by Gasteiger charge is 2.34. The summed E-state index contributed by atoms with van der Waals surface area (Å²) in [5.74, 6) is 2.68. The van der Waals surface area contributed by atoms with Gasteiger partial charge < -0.3 is 15.2 Å². The number of hydrogen-bond donors (Lipinski definition) is 2. The second kappa shape index (κ2) is 9.04. The summed E-state index contributed by atoms with van der Waals surface area (Å²) in [7, 11) is 1.84. The predicted molar refractivity (Wildman–Crippen MR) is 99.1 cm³/mol. The van der Waals surface area contributed by atoms with E-state index in [-0.39, 0.29) is 0 Å². The molecule has 2 rings (SSSR count). The fourth-order valence-corrected chi connectivity index (χ4v) is 3.97. The van der Waals surface area contributed by atoms with Gasteiger partial charge in [0, 0.05) is 33.1 Å². The average Bonchev–Trinajstić information content (AvgIpc) is 3.19. The van der Waals surface area contributed by atoms with Crippen LogP contribution < -0.4 is 10.6 Å². The smallest absolute Gasteiger partial charge is 0.191 e. The number of aryl methyl sites for hydroxylation is 1. The molecule has 6 nitrogen and oxygen atoms in total. The Morgan fingerprint density at radius 2 is 2.08 bits per heavy atom. The number of aliphatic imine (C=N–C) groups is 1. The maximum atomic E-state index is 4.37. The number of nitrogens with one attached hydrogen (secondary N) is 2. The quantitative estimate of drug-likeness (QED) is 0.566. The van der Waals surface area contributed by atoms with Gasteiger partial charge in [0.1, 0.15) is 12.2 Å². The van der Waals surface area contributed by atoms with Crippen LogP contribution in [-0.4, -0.2) is 40.9 Å². The zero-order valence-corrected chi connectivity index (χ0v) is 15.8. The largest absolute Gasteiger partial charge is 0.356 e. The fourth-order valence-electron chi connectivity index (χ4n) is 3.97. The van der Waals surface area contributed by atoms with E-state index in [1.807, 2.05) is 7.05 Å². The van der Waals surface area contributed by atoms with Gasteiger partial charge in [0.05, 0.1) is 0 Å². The SMILES string of the molecule is CCc1nncn1CCNC(=NC)NCC1(CC(C)C)CCCC1. The normalized spacial score (nSPS) is 17.5. The lowest BCUT2D eigenvalue weighted by Crippen LogP contribution is -2.44. The Morgan fingerprint density at radius 1 is 1.33 bits per heavy atom. The number of aromatic nitrogens is 3. The highest BCUT2D eigenvalue weighted by Crippen LogP contribution is 2.42. The molecule has 1 aliphatic rings. The van der Waals surface area contributed by atoms with E-state index in [1.165, 1.54) is 32.1 Å². The molecule has 1 heterocycles. The lowest BCUT2D eigenvalue weighted by atomic mass is 9.78. The molecule has 24 heavy (non-hydrogen) atoms. The summed E-state index contributed by atoms with van der Waals surface area (Å²) in [6.45, 7) is 9.47. The van der Waals surface area contributed by atoms with Crippen molar-refractivity contribution in [2.45, 2.75) is 65.8 Å². The van der Waals surface area contributed by atoms with E-state index >= 15 is 0 Å². The van der Waals surface area contributed by atoms with Crippen LogP contribution in [0.5, 0.6) is 0 Å². The van der Waals surface area contributed by atoms with Gasteiger partial charge in [-0.25, -0.2) is 0 Å². The number of guanidine groups is 1. The molecule has 0 bridgehead atoms. The number of nitrogens with zero attached hydrogens (tertiary/aromatic N) is 4. The first kappa shape index (κ1) is 18.7. The average molecular weight is 335 g/mol. The molecule has 1 aromatic heterocycles. The summed E-state index contributed by atoms with van der Waals surface area (Å²) >= 11 is 0. The summed E-state index contributed by atoms with van der Waals surface area (Å²) in [5.41, 5.74) is 0.454. The maximum Gasteiger partial charge on any atom is 0.191 e. The summed E-state index contributed by atoms with van der Waals surface area (Å²) < 4.78 is 2.09. The van der Waals surface area contributed by atoms with E-state index in [9.17, 15) is 0 Å². The lowest BCUT2D eigenvalue weighted by Gasteiger charge is -2.32. The van der Waals surface area contributed by atoms with E-state index in [0.717, 1.165) is 43.8 Å². The van der Waals surface area contributed by atoms with Crippen molar-refractivity contribution in [3.8, 4) is 0 Å². The molecule has 0 amide bonds. The van der Waals surface area contributed by atoms with Crippen LogP contribution in [0.4, 0.5) is 0 Å². The highest BCUT2D eigenvalue weighted by molar-refractivity contribution is 5.79. The van der Waals surface area contributed by atoms with Crippen LogP contribution in [0.2, 0.25) is 0 Å². The van der Waals surface area contributed by atoms with E-state index in [1.54, 1.807) is 6.33 Å². The van der Waals surface area contributed by atoms with Gasteiger partial charge in [-0.1, -0.05) is 33.6 Å². The Labute approximate surface area is 146 Å². The minimum atomic E-state index is 0.454. The Kier molecular flexibility index (Phi) is 7.06. The molecular weight excluding hydrogens is 300 g/mol. The molecule has 2 N–H and O–H groups in total. The Balaban J connectivity index is 1.79. The number of rotatable bonds is 8. The monoisotopic (exact) mass is 334 g/mol. The molecule has 1 aliphatic carbocycles. The number of hydrogen-bond acceptors (Lipinski definition) is 3. The minimum absolute atomic E-state index is 0.454. The molecule has 0 atom stereocenters. The topological polar surface area (TPSA) is 67.1 Å². The van der Waals surface area contributed by atoms with Gasteiger partial charge in [-0.05, 0) is 30.6 Å². The molecule has 136 valence electrons. The van der Waals surface area contributed by atoms with Crippen LogP contribution in [0.1, 0.15) is 58.7 Å². The van der Waals surface area contributed by atoms with Crippen molar-refractivity contribution in [2.24, 2.45) is 16.3 Å². The van der Waals surface area contributed by atoms with Crippen molar-refractivity contribution >= 4 is 5.96 Å². The third-order valence-corrected chi connectivity index (χ3v) is 5.02. The molecule has 1 saturated carbocycles. The molecule has 0 radical (unpaired) electrons. The Morgan fingerprint density at radius 3 is 2.71 bits per heavy atom. The van der Waals surface area contributed by atoms with Gasteiger partial charge >= 0.3 is 0 Å². The van der Waals surface area contributed by atoms with Gasteiger partial charge in [-0.2, -0.15) is 0 Å². The molecule has 1 fully saturated rings. The lowest BCUT2D eigenvalue weighted by molar-refractivity contribution is 0.235. The Bertz CT molecular complexity index is 513. The van der Waals surface area contributed by atoms with E-state index in [2.05, 4.69) is 51.2 Å². The van der Waals surface area contributed by atoms with Gasteiger partial charge in [0.2, 0.25) is 0 Å². The molecule has 0 spiro atoms. The van der Waals surface area contributed by atoms with Crippen molar-refractivity contribution in [1.82, 2.24) is 25.4 Å². The third kappa shape index (κ3) is 5.21. The van der Waals surface area contributed by atoms with Crippen LogP contribution in [0.3, 0.4) is 0 Å². The zero-order chi connectivity index (χ0) is 17.4. The molecule has 0 saturated heterocycles. The van der Waals surface area contributed by atoms with Crippen molar-refractivity contribution in [3.05, 3.63) is 12.2 Å². The highest BCUT2D eigenvalue weighted by atomic mass is 15.3. The zero-order valence-electron chi connectivity index (χ0n) is 15.8. The van der Waals surface area contributed by atoms with Gasteiger partial charge in [0.15, 0.2) is 5.96 Å². The maximum absolute atomic E-state index is 4.37. The first-order chi connectivity index (χ1) is 11.6. The summed E-state index contributed by atoms with van der Waals surface area (Å²) in [6.07, 6.45) is 9.43. The summed E-state index contributed by atoms with van der Waals surface area (Å²) in [4.78, 5) is 4.37. The van der Waals surface area contributed by atoms with Crippen LogP contribution in [-0.2, 0) is 13.0 Å². The molecule has 1 aromatic rings. The van der Waals surface area contributed by atoms with Crippen LogP contribution in [0, 0.1) is 11.3 Å². The van der Waals surface area contributed by atoms with Gasteiger partial charge in [0.25, 0.3) is 0 Å². The minimum Gasteiger partial charge on any atom is -0.356 e. The van der Waals surface area contributed by atoms with Crippen molar-refractivity contribution in [2.75, 3.05) is 20.1 Å². The molecule has 0 aliphatic heterocycles. The van der Waals surface area contributed by atoms with Crippen LogP contribution in [0.25, 0.3) is 0 Å². The first-order valence-corrected chi connectivity index (χ1v) is 9.40. The molecule has 0 aromatic carbocycles. The first-order valence-electron chi connectivity index (χ1n) is 9.40. The van der Waals surface area contributed by atoms with Gasteiger partial charge in [-0.3, -0.25) is 4.99 Å². The molecule has 6 heteroatoms. The fraction of sp³-hybridized carbons (Fsp3) is 0.833.